The molecule has 2 heteroatoms. The molecule has 0 bridgehead atoms. The molecule has 0 amide bonds. The molecular weight excluding hydrogens is 262 g/mol. The van der Waals surface area contributed by atoms with Crippen LogP contribution in [0.25, 0.3) is 0 Å². The normalized spacial score (nSPS) is 12.7. The Morgan fingerprint density at radius 2 is 1.55 bits per heavy atom. The maximum Gasteiger partial charge on any atom is 0.0300 e. The zero-order chi connectivity index (χ0) is 14.5. The topological polar surface area (TPSA) is 12.0 Å². The van der Waals surface area contributed by atoms with Crippen LogP contribution in [0.2, 0.25) is 0 Å². The molecule has 1 aromatic heterocycles. The molecule has 0 saturated carbocycles. The zero-order valence-electron chi connectivity index (χ0n) is 13.5. The summed E-state index contributed by atoms with van der Waals surface area (Å²) in [7, 11) is 0. The number of rotatable bonds is 13. The largest absolute Gasteiger partial charge is 0.310 e. The summed E-state index contributed by atoms with van der Waals surface area (Å²) in [6.07, 6.45) is 14.1. The Hall–Kier alpha value is -0.340. The summed E-state index contributed by atoms with van der Waals surface area (Å²) < 4.78 is 0. The second kappa shape index (κ2) is 12.4. The molecule has 0 radical (unpaired) electrons. The van der Waals surface area contributed by atoms with Gasteiger partial charge in [-0.2, -0.15) is 11.3 Å². The van der Waals surface area contributed by atoms with Gasteiger partial charge in [-0.1, -0.05) is 64.7 Å². The lowest BCUT2D eigenvalue weighted by atomic mass is 10.1. The second-order valence-electron chi connectivity index (χ2n) is 5.91. The van der Waals surface area contributed by atoms with E-state index in [9.17, 15) is 0 Å². The highest BCUT2D eigenvalue weighted by Crippen LogP contribution is 2.15. The van der Waals surface area contributed by atoms with Crippen LogP contribution in [0.1, 0.15) is 89.7 Å². The number of unbranched alkanes of at least 4 members (excludes halogenated alkanes) is 9. The Morgan fingerprint density at radius 3 is 2.10 bits per heavy atom. The van der Waals surface area contributed by atoms with Gasteiger partial charge in [0.15, 0.2) is 0 Å². The fourth-order valence-electron chi connectivity index (χ4n) is 2.57. The maximum atomic E-state index is 3.62. The summed E-state index contributed by atoms with van der Waals surface area (Å²) in [5, 5.41) is 8.02. The summed E-state index contributed by atoms with van der Waals surface area (Å²) in [5.74, 6) is 0. The number of hydrogen-bond acceptors (Lipinski definition) is 2. The van der Waals surface area contributed by atoms with Crippen LogP contribution >= 0.6 is 11.3 Å². The third-order valence-corrected chi connectivity index (χ3v) is 4.73. The van der Waals surface area contributed by atoms with E-state index in [1.807, 2.05) is 0 Å². The summed E-state index contributed by atoms with van der Waals surface area (Å²) in [5.41, 5.74) is 1.43. The van der Waals surface area contributed by atoms with Crippen molar-refractivity contribution in [3.8, 4) is 0 Å². The van der Waals surface area contributed by atoms with Gasteiger partial charge < -0.3 is 5.32 Å². The standard InChI is InChI=1S/C18H33NS/c1-3-4-5-6-7-8-9-10-11-12-14-19-17(2)18-13-15-20-16-18/h13,15-17,19H,3-12,14H2,1-2H3. The van der Waals surface area contributed by atoms with Crippen LogP contribution < -0.4 is 5.32 Å². The Balaban J connectivity index is 1.81. The molecule has 1 nitrogen and oxygen atoms in total. The molecule has 0 aliphatic carbocycles. The summed E-state index contributed by atoms with van der Waals surface area (Å²) in [4.78, 5) is 0. The molecule has 0 spiro atoms. The molecule has 1 aromatic rings. The number of nitrogens with one attached hydrogen (secondary N) is 1. The minimum Gasteiger partial charge on any atom is -0.310 e. The summed E-state index contributed by atoms with van der Waals surface area (Å²) >= 11 is 1.79. The molecule has 0 fully saturated rings. The van der Waals surface area contributed by atoms with Crippen molar-refractivity contribution in [1.82, 2.24) is 5.32 Å². The van der Waals surface area contributed by atoms with E-state index in [0.29, 0.717) is 6.04 Å². The van der Waals surface area contributed by atoms with E-state index >= 15 is 0 Å². The summed E-state index contributed by atoms with van der Waals surface area (Å²) in [6.45, 7) is 5.71. The Labute approximate surface area is 130 Å². The minimum absolute atomic E-state index is 0.514. The third kappa shape index (κ3) is 8.76. The Kier molecular flexibility index (Phi) is 11.0. The van der Waals surface area contributed by atoms with E-state index < -0.39 is 0 Å². The lowest BCUT2D eigenvalue weighted by Crippen LogP contribution is -2.19. The van der Waals surface area contributed by atoms with Crippen LogP contribution in [0.3, 0.4) is 0 Å². The first-order chi connectivity index (χ1) is 9.84. The fraction of sp³-hybridized carbons (Fsp3) is 0.778. The van der Waals surface area contributed by atoms with Crippen molar-refractivity contribution >= 4 is 11.3 Å². The van der Waals surface area contributed by atoms with Gasteiger partial charge in [0.1, 0.15) is 0 Å². The molecule has 0 aliphatic heterocycles. The van der Waals surface area contributed by atoms with E-state index in [-0.39, 0.29) is 0 Å². The predicted molar refractivity (Wildman–Crippen MR) is 92.6 cm³/mol. The van der Waals surface area contributed by atoms with Gasteiger partial charge in [-0.15, -0.1) is 0 Å². The van der Waals surface area contributed by atoms with Crippen LogP contribution in [-0.4, -0.2) is 6.54 Å². The van der Waals surface area contributed by atoms with E-state index in [2.05, 4.69) is 36.0 Å². The van der Waals surface area contributed by atoms with Crippen LogP contribution in [0.5, 0.6) is 0 Å². The van der Waals surface area contributed by atoms with Crippen molar-refractivity contribution in [3.63, 3.8) is 0 Å². The van der Waals surface area contributed by atoms with Gasteiger partial charge in [-0.3, -0.25) is 0 Å². The average Bonchev–Trinajstić information content (AvgIpc) is 2.99. The van der Waals surface area contributed by atoms with Gasteiger partial charge in [0, 0.05) is 6.04 Å². The molecule has 1 unspecified atom stereocenters. The molecule has 1 N–H and O–H groups in total. The molecule has 1 rings (SSSR count). The number of hydrogen-bond donors (Lipinski definition) is 1. The van der Waals surface area contributed by atoms with Crippen molar-refractivity contribution in [1.29, 1.82) is 0 Å². The van der Waals surface area contributed by atoms with Crippen LogP contribution in [0.4, 0.5) is 0 Å². The average molecular weight is 296 g/mol. The second-order valence-corrected chi connectivity index (χ2v) is 6.69. The molecule has 116 valence electrons. The quantitative estimate of drug-likeness (QED) is 0.420. The van der Waals surface area contributed by atoms with Crippen LogP contribution in [-0.2, 0) is 0 Å². The van der Waals surface area contributed by atoms with E-state index in [4.69, 9.17) is 0 Å². The van der Waals surface area contributed by atoms with Gasteiger partial charge >= 0.3 is 0 Å². The van der Waals surface area contributed by atoms with Crippen molar-refractivity contribution in [2.24, 2.45) is 0 Å². The van der Waals surface area contributed by atoms with Gasteiger partial charge in [0.05, 0.1) is 0 Å². The Morgan fingerprint density at radius 1 is 0.950 bits per heavy atom. The lowest BCUT2D eigenvalue weighted by molar-refractivity contribution is 0.518. The van der Waals surface area contributed by atoms with E-state index in [1.165, 1.54) is 69.8 Å². The van der Waals surface area contributed by atoms with Gasteiger partial charge in [-0.05, 0) is 42.3 Å². The Bertz CT molecular complexity index is 294. The summed E-state index contributed by atoms with van der Waals surface area (Å²) in [6, 6.07) is 2.74. The minimum atomic E-state index is 0.514. The first-order valence-electron chi connectivity index (χ1n) is 8.60. The zero-order valence-corrected chi connectivity index (χ0v) is 14.3. The molecule has 20 heavy (non-hydrogen) atoms. The molecule has 0 saturated heterocycles. The molecule has 0 aromatic carbocycles. The predicted octanol–water partition coefficient (Wildman–Crippen LogP) is 6.32. The fourth-order valence-corrected chi connectivity index (χ4v) is 3.32. The first-order valence-corrected chi connectivity index (χ1v) is 9.54. The monoisotopic (exact) mass is 295 g/mol. The molecular formula is C18H33NS. The highest BCUT2D eigenvalue weighted by atomic mass is 32.1. The third-order valence-electron chi connectivity index (χ3n) is 4.02. The SMILES string of the molecule is CCCCCCCCCCCCNC(C)c1ccsc1. The first kappa shape index (κ1) is 17.7. The van der Waals surface area contributed by atoms with Gasteiger partial charge in [0.25, 0.3) is 0 Å². The smallest absolute Gasteiger partial charge is 0.0300 e. The van der Waals surface area contributed by atoms with Gasteiger partial charge in [-0.25, -0.2) is 0 Å². The van der Waals surface area contributed by atoms with Gasteiger partial charge in [0.2, 0.25) is 0 Å². The van der Waals surface area contributed by atoms with Crippen LogP contribution in [0.15, 0.2) is 16.8 Å². The molecule has 1 atom stereocenters. The van der Waals surface area contributed by atoms with Crippen molar-refractivity contribution < 1.29 is 0 Å². The van der Waals surface area contributed by atoms with Crippen LogP contribution in [0, 0.1) is 0 Å². The van der Waals surface area contributed by atoms with E-state index in [1.54, 1.807) is 11.3 Å². The highest BCUT2D eigenvalue weighted by molar-refractivity contribution is 7.07. The van der Waals surface area contributed by atoms with Crippen molar-refractivity contribution in [3.05, 3.63) is 22.4 Å². The highest BCUT2D eigenvalue weighted by Gasteiger charge is 2.03. The number of thiophene rings is 1. The van der Waals surface area contributed by atoms with Crippen molar-refractivity contribution in [2.75, 3.05) is 6.54 Å². The van der Waals surface area contributed by atoms with Crippen molar-refractivity contribution in [2.45, 2.75) is 84.1 Å². The van der Waals surface area contributed by atoms with E-state index in [0.717, 1.165) is 6.54 Å². The molecule has 1 heterocycles. The molecule has 0 aliphatic rings. The lowest BCUT2D eigenvalue weighted by Gasteiger charge is -2.12. The maximum absolute atomic E-state index is 3.62.